The molecule has 2 aliphatic heterocycles. The minimum absolute atomic E-state index is 0.0107. The monoisotopic (exact) mass is 450 g/mol. The molecule has 3 heterocycles. The summed E-state index contributed by atoms with van der Waals surface area (Å²) in [4.78, 5) is 34.6. The minimum Gasteiger partial charge on any atom is -0.461 e. The van der Waals surface area contributed by atoms with Crippen LogP contribution < -0.4 is 0 Å². The zero-order chi connectivity index (χ0) is 22.8. The largest absolute Gasteiger partial charge is 0.461 e. The molecule has 176 valence electrons. The van der Waals surface area contributed by atoms with Gasteiger partial charge in [0.1, 0.15) is 11.5 Å². The van der Waals surface area contributed by atoms with Crippen molar-refractivity contribution in [2.24, 2.45) is 0 Å². The lowest BCUT2D eigenvalue weighted by molar-refractivity contribution is -0.135. The Kier molecular flexibility index (Phi) is 6.51. The molecule has 0 N–H and O–H groups in total. The third-order valence-electron chi connectivity index (χ3n) is 7.48. The van der Waals surface area contributed by atoms with Gasteiger partial charge in [0, 0.05) is 64.0 Å². The molecule has 2 saturated heterocycles. The number of carbonyl (C=O) groups is 2. The fraction of sp³-hybridized carbons (Fsp3) is 0.538. The van der Waals surface area contributed by atoms with Crippen LogP contribution in [0.4, 0.5) is 0 Å². The van der Waals surface area contributed by atoms with Crippen molar-refractivity contribution in [3.63, 3.8) is 0 Å². The lowest BCUT2D eigenvalue weighted by Gasteiger charge is -2.43. The van der Waals surface area contributed by atoms with Gasteiger partial charge in [-0.25, -0.2) is 0 Å². The van der Waals surface area contributed by atoms with Crippen molar-refractivity contribution in [1.82, 2.24) is 19.6 Å². The van der Waals surface area contributed by atoms with Gasteiger partial charge in [-0.15, -0.1) is 0 Å². The molecule has 1 aromatic heterocycles. The first-order valence-corrected chi connectivity index (χ1v) is 12.3. The number of furan rings is 1. The average Bonchev–Trinajstić information content (AvgIpc) is 3.20. The van der Waals surface area contributed by atoms with Gasteiger partial charge >= 0.3 is 0 Å². The van der Waals surface area contributed by atoms with Crippen molar-refractivity contribution >= 4 is 11.8 Å². The number of piperazine rings is 2. The van der Waals surface area contributed by atoms with Gasteiger partial charge in [0.15, 0.2) is 0 Å². The summed E-state index contributed by atoms with van der Waals surface area (Å²) in [6.07, 6.45) is 4.00. The van der Waals surface area contributed by atoms with Gasteiger partial charge in [0.05, 0.1) is 12.1 Å². The third-order valence-corrected chi connectivity index (χ3v) is 7.48. The zero-order valence-corrected chi connectivity index (χ0v) is 19.5. The molecule has 0 unspecified atom stereocenters. The van der Waals surface area contributed by atoms with Crippen molar-refractivity contribution in [3.8, 4) is 11.3 Å². The van der Waals surface area contributed by atoms with Crippen LogP contribution in [0.1, 0.15) is 35.4 Å². The molecule has 0 spiro atoms. The van der Waals surface area contributed by atoms with Gasteiger partial charge in [0.25, 0.3) is 5.91 Å². The summed E-state index contributed by atoms with van der Waals surface area (Å²) in [7, 11) is 0. The standard InChI is InChI=1S/C26H34N4O3/c1-20-23(18-24(33-20)21-6-3-2-4-7-21)26(32)30-12-10-27(11-13-30)19-25(31)29-16-14-28(15-17-29)22-8-5-9-22/h2-4,6-7,18,22H,5,8-17,19H2,1H3. The summed E-state index contributed by atoms with van der Waals surface area (Å²) in [6, 6.07) is 12.5. The molecule has 3 fully saturated rings. The Morgan fingerprint density at radius 3 is 2.21 bits per heavy atom. The molecule has 5 rings (SSSR count). The molecule has 0 bridgehead atoms. The first-order chi connectivity index (χ1) is 16.1. The molecule has 1 aromatic carbocycles. The number of carbonyl (C=O) groups excluding carboxylic acids is 2. The van der Waals surface area contributed by atoms with E-state index in [9.17, 15) is 9.59 Å². The summed E-state index contributed by atoms with van der Waals surface area (Å²) in [5.41, 5.74) is 1.60. The van der Waals surface area contributed by atoms with Crippen LogP contribution in [0.15, 0.2) is 40.8 Å². The Hall–Kier alpha value is -2.64. The van der Waals surface area contributed by atoms with E-state index in [1.807, 2.05) is 53.1 Å². The Bertz CT molecular complexity index is 969. The van der Waals surface area contributed by atoms with E-state index in [-0.39, 0.29) is 11.8 Å². The molecular weight excluding hydrogens is 416 g/mol. The van der Waals surface area contributed by atoms with Crippen LogP contribution in [0.3, 0.4) is 0 Å². The normalized spacial score (nSPS) is 20.6. The second-order valence-corrected chi connectivity index (χ2v) is 9.52. The van der Waals surface area contributed by atoms with E-state index >= 15 is 0 Å². The summed E-state index contributed by atoms with van der Waals surface area (Å²) in [5.74, 6) is 1.60. The van der Waals surface area contributed by atoms with Crippen molar-refractivity contribution in [3.05, 3.63) is 47.7 Å². The highest BCUT2D eigenvalue weighted by atomic mass is 16.3. The summed E-state index contributed by atoms with van der Waals surface area (Å²) in [6.45, 7) is 8.72. The highest BCUT2D eigenvalue weighted by molar-refractivity contribution is 5.96. The molecule has 7 nitrogen and oxygen atoms in total. The summed E-state index contributed by atoms with van der Waals surface area (Å²) < 4.78 is 5.88. The topological polar surface area (TPSA) is 60.2 Å². The van der Waals surface area contributed by atoms with Gasteiger partial charge in [-0.3, -0.25) is 19.4 Å². The van der Waals surface area contributed by atoms with Crippen LogP contribution >= 0.6 is 0 Å². The fourth-order valence-corrected chi connectivity index (χ4v) is 5.10. The van der Waals surface area contributed by atoms with Gasteiger partial charge in [-0.1, -0.05) is 36.8 Å². The van der Waals surface area contributed by atoms with Gasteiger partial charge < -0.3 is 14.2 Å². The van der Waals surface area contributed by atoms with E-state index in [1.165, 1.54) is 19.3 Å². The number of hydrogen-bond donors (Lipinski definition) is 0. The van der Waals surface area contributed by atoms with Gasteiger partial charge in [-0.05, 0) is 25.8 Å². The van der Waals surface area contributed by atoms with Crippen LogP contribution in [-0.4, -0.2) is 96.4 Å². The zero-order valence-electron chi connectivity index (χ0n) is 19.5. The molecule has 1 saturated carbocycles. The summed E-state index contributed by atoms with van der Waals surface area (Å²) >= 11 is 0. The molecule has 2 aromatic rings. The minimum atomic E-state index is 0.0107. The predicted molar refractivity (Wildman–Crippen MR) is 127 cm³/mol. The fourth-order valence-electron chi connectivity index (χ4n) is 5.10. The maximum Gasteiger partial charge on any atom is 0.257 e. The Labute approximate surface area is 195 Å². The van der Waals surface area contributed by atoms with E-state index in [4.69, 9.17) is 4.42 Å². The SMILES string of the molecule is Cc1oc(-c2ccccc2)cc1C(=O)N1CCN(CC(=O)N2CCN(C3CCC3)CC2)CC1. The van der Waals surface area contributed by atoms with Crippen LogP contribution in [-0.2, 0) is 4.79 Å². The first-order valence-electron chi connectivity index (χ1n) is 12.3. The van der Waals surface area contributed by atoms with Crippen LogP contribution in [0, 0.1) is 6.92 Å². The predicted octanol–water partition coefficient (Wildman–Crippen LogP) is 2.71. The molecule has 3 aliphatic rings. The molecule has 33 heavy (non-hydrogen) atoms. The number of hydrogen-bond acceptors (Lipinski definition) is 5. The Morgan fingerprint density at radius 1 is 0.909 bits per heavy atom. The lowest BCUT2D eigenvalue weighted by atomic mass is 9.91. The average molecular weight is 451 g/mol. The van der Waals surface area contributed by atoms with Crippen molar-refractivity contribution in [1.29, 1.82) is 0 Å². The Morgan fingerprint density at radius 2 is 1.58 bits per heavy atom. The Balaban J connectivity index is 1.10. The van der Waals surface area contributed by atoms with Crippen LogP contribution in [0.5, 0.6) is 0 Å². The summed E-state index contributed by atoms with van der Waals surface area (Å²) in [5, 5.41) is 0. The maximum atomic E-state index is 13.1. The number of benzene rings is 1. The van der Waals surface area contributed by atoms with Crippen LogP contribution in [0.2, 0.25) is 0 Å². The first kappa shape index (κ1) is 22.2. The number of nitrogens with zero attached hydrogens (tertiary/aromatic N) is 4. The molecule has 0 radical (unpaired) electrons. The van der Waals surface area contributed by atoms with Crippen molar-refractivity contribution < 1.29 is 14.0 Å². The molecule has 1 aliphatic carbocycles. The second kappa shape index (κ2) is 9.69. The third kappa shape index (κ3) is 4.84. The number of amides is 2. The molecule has 2 amide bonds. The highest BCUT2D eigenvalue weighted by Gasteiger charge is 2.31. The van der Waals surface area contributed by atoms with E-state index < -0.39 is 0 Å². The van der Waals surface area contributed by atoms with E-state index in [0.717, 1.165) is 56.6 Å². The molecule has 0 atom stereocenters. The van der Waals surface area contributed by atoms with Crippen molar-refractivity contribution in [2.45, 2.75) is 32.2 Å². The van der Waals surface area contributed by atoms with E-state index in [2.05, 4.69) is 9.80 Å². The smallest absolute Gasteiger partial charge is 0.257 e. The van der Waals surface area contributed by atoms with E-state index in [1.54, 1.807) is 0 Å². The number of rotatable bonds is 5. The van der Waals surface area contributed by atoms with Gasteiger partial charge in [0.2, 0.25) is 5.91 Å². The molecular formula is C26H34N4O3. The molecule has 7 heteroatoms. The second-order valence-electron chi connectivity index (χ2n) is 9.52. The van der Waals surface area contributed by atoms with Gasteiger partial charge in [-0.2, -0.15) is 0 Å². The lowest BCUT2D eigenvalue weighted by Crippen LogP contribution is -2.56. The number of aryl methyl sites for hydroxylation is 1. The van der Waals surface area contributed by atoms with Crippen LogP contribution in [0.25, 0.3) is 11.3 Å². The highest BCUT2D eigenvalue weighted by Crippen LogP contribution is 2.27. The van der Waals surface area contributed by atoms with E-state index in [0.29, 0.717) is 31.0 Å². The quantitative estimate of drug-likeness (QED) is 0.701. The van der Waals surface area contributed by atoms with Crippen molar-refractivity contribution in [2.75, 3.05) is 58.9 Å². The maximum absolute atomic E-state index is 13.1.